The molecule has 1 amide bonds. The van der Waals surface area contributed by atoms with E-state index in [0.717, 1.165) is 79.8 Å². The number of anilines is 1. The minimum absolute atomic E-state index is 0.0791. The van der Waals surface area contributed by atoms with E-state index >= 15 is 0 Å². The number of piperidine rings is 1. The fraction of sp³-hybridized carbons (Fsp3) is 0.359. The molecule has 8 nitrogen and oxygen atoms in total. The molecule has 2 aliphatic rings. The standard InChI is InChI=1S/C39H45N3O5/c1-44-34-14-10-31(11-15-34)39(32-12-16-35(45-2)17-13-32)18-5-19-40(28-39)27-29-6-8-30(9-7-29)38(43)42-22-20-41(21-23-42)33-24-36(46-3)26-37(25-33)47-4/h6-17,24-26H,5,18-23,27-28H2,1-4H3. The molecule has 0 saturated carbocycles. The molecule has 0 atom stereocenters. The molecular weight excluding hydrogens is 590 g/mol. The van der Waals surface area contributed by atoms with Crippen molar-refractivity contribution in [2.45, 2.75) is 24.8 Å². The van der Waals surface area contributed by atoms with Gasteiger partial charge in [-0.25, -0.2) is 0 Å². The molecular formula is C39H45N3O5. The zero-order chi connectivity index (χ0) is 32.8. The number of piperazine rings is 1. The second-order valence-electron chi connectivity index (χ2n) is 12.4. The predicted molar refractivity (Wildman–Crippen MR) is 185 cm³/mol. The number of amides is 1. The van der Waals surface area contributed by atoms with Gasteiger partial charge in [-0.2, -0.15) is 0 Å². The molecule has 0 bridgehead atoms. The summed E-state index contributed by atoms with van der Waals surface area (Å²) in [5.41, 5.74) is 5.41. The van der Waals surface area contributed by atoms with Crippen LogP contribution in [-0.4, -0.2) is 83.4 Å². The second-order valence-corrected chi connectivity index (χ2v) is 12.4. The summed E-state index contributed by atoms with van der Waals surface area (Å²) >= 11 is 0. The van der Waals surface area contributed by atoms with E-state index in [9.17, 15) is 4.79 Å². The molecule has 0 aromatic heterocycles. The van der Waals surface area contributed by atoms with Crippen LogP contribution in [0.1, 0.15) is 39.9 Å². The lowest BCUT2D eigenvalue weighted by molar-refractivity contribution is 0.0746. The van der Waals surface area contributed by atoms with E-state index in [0.29, 0.717) is 13.1 Å². The third-order valence-corrected chi connectivity index (χ3v) is 9.73. The van der Waals surface area contributed by atoms with Gasteiger partial charge in [0.25, 0.3) is 5.91 Å². The van der Waals surface area contributed by atoms with E-state index in [1.807, 2.05) is 35.2 Å². The molecule has 0 N–H and O–H groups in total. The molecule has 0 spiro atoms. The Labute approximate surface area is 278 Å². The van der Waals surface area contributed by atoms with E-state index in [1.54, 1.807) is 28.4 Å². The van der Waals surface area contributed by atoms with Crippen LogP contribution in [0, 0.1) is 0 Å². The highest BCUT2D eigenvalue weighted by atomic mass is 16.5. The first kappa shape index (κ1) is 32.3. The van der Waals surface area contributed by atoms with Gasteiger partial charge in [-0.1, -0.05) is 36.4 Å². The van der Waals surface area contributed by atoms with Gasteiger partial charge in [0, 0.05) is 74.1 Å². The van der Waals surface area contributed by atoms with Gasteiger partial charge in [-0.05, 0) is 72.5 Å². The summed E-state index contributed by atoms with van der Waals surface area (Å²) in [4.78, 5) is 20.2. The molecule has 4 aromatic rings. The van der Waals surface area contributed by atoms with Gasteiger partial charge in [-0.15, -0.1) is 0 Å². The quantitative estimate of drug-likeness (QED) is 0.204. The molecule has 6 rings (SSSR count). The second kappa shape index (κ2) is 14.4. The van der Waals surface area contributed by atoms with Crippen molar-refractivity contribution in [3.05, 3.63) is 113 Å². The van der Waals surface area contributed by atoms with Crippen LogP contribution < -0.4 is 23.8 Å². The summed E-state index contributed by atoms with van der Waals surface area (Å²) in [6.07, 6.45) is 2.15. The topological polar surface area (TPSA) is 63.7 Å². The van der Waals surface area contributed by atoms with Crippen LogP contribution in [-0.2, 0) is 12.0 Å². The number of methoxy groups -OCH3 is 4. The van der Waals surface area contributed by atoms with Crippen LogP contribution >= 0.6 is 0 Å². The van der Waals surface area contributed by atoms with Gasteiger partial charge >= 0.3 is 0 Å². The summed E-state index contributed by atoms with van der Waals surface area (Å²) in [7, 11) is 6.73. The smallest absolute Gasteiger partial charge is 0.253 e. The first-order chi connectivity index (χ1) is 22.9. The van der Waals surface area contributed by atoms with Gasteiger partial charge in [0.15, 0.2) is 0 Å². The Kier molecular flexibility index (Phi) is 9.87. The van der Waals surface area contributed by atoms with Crippen LogP contribution in [0.15, 0.2) is 91.0 Å². The maximum Gasteiger partial charge on any atom is 0.253 e. The minimum Gasteiger partial charge on any atom is -0.497 e. The number of rotatable bonds is 10. The predicted octanol–water partition coefficient (Wildman–Crippen LogP) is 6.27. The summed E-state index contributed by atoms with van der Waals surface area (Å²) in [5.74, 6) is 3.32. The molecule has 2 heterocycles. The zero-order valence-electron chi connectivity index (χ0n) is 27.9. The van der Waals surface area contributed by atoms with Gasteiger partial charge < -0.3 is 28.7 Å². The van der Waals surface area contributed by atoms with E-state index in [-0.39, 0.29) is 11.3 Å². The Morgan fingerprint density at radius 1 is 0.638 bits per heavy atom. The van der Waals surface area contributed by atoms with Crippen LogP contribution in [0.25, 0.3) is 0 Å². The molecule has 2 aliphatic heterocycles. The van der Waals surface area contributed by atoms with Crippen LogP contribution in [0.2, 0.25) is 0 Å². The normalized spacial score (nSPS) is 16.4. The van der Waals surface area contributed by atoms with E-state index in [1.165, 1.54) is 16.7 Å². The van der Waals surface area contributed by atoms with Gasteiger partial charge in [0.05, 0.1) is 28.4 Å². The maximum atomic E-state index is 13.5. The lowest BCUT2D eigenvalue weighted by Crippen LogP contribution is -2.48. The first-order valence-electron chi connectivity index (χ1n) is 16.3. The van der Waals surface area contributed by atoms with Crippen LogP contribution in [0.5, 0.6) is 23.0 Å². The molecule has 8 heteroatoms. The van der Waals surface area contributed by atoms with E-state index in [4.69, 9.17) is 18.9 Å². The Morgan fingerprint density at radius 3 is 1.68 bits per heavy atom. The van der Waals surface area contributed by atoms with Gasteiger partial charge in [-0.3, -0.25) is 9.69 Å². The molecule has 0 unspecified atom stereocenters. The molecule has 0 aliphatic carbocycles. The minimum atomic E-state index is -0.148. The number of benzene rings is 4. The number of carbonyl (C=O) groups excluding carboxylic acids is 1. The summed E-state index contributed by atoms with van der Waals surface area (Å²) < 4.78 is 21.8. The average Bonchev–Trinajstić information content (AvgIpc) is 3.14. The summed E-state index contributed by atoms with van der Waals surface area (Å²) in [6, 6.07) is 31.2. The summed E-state index contributed by atoms with van der Waals surface area (Å²) in [6.45, 7) is 5.57. The highest BCUT2D eigenvalue weighted by Gasteiger charge is 2.39. The molecule has 246 valence electrons. The Bertz CT molecular complexity index is 1560. The molecule has 2 fully saturated rings. The Balaban J connectivity index is 1.12. The van der Waals surface area contributed by atoms with Gasteiger partial charge in [0.2, 0.25) is 0 Å². The Morgan fingerprint density at radius 2 is 1.17 bits per heavy atom. The van der Waals surface area contributed by atoms with Crippen LogP contribution in [0.3, 0.4) is 0 Å². The lowest BCUT2D eigenvalue weighted by Gasteiger charge is -2.44. The van der Waals surface area contributed by atoms with Crippen molar-refractivity contribution in [2.75, 3.05) is 72.6 Å². The van der Waals surface area contributed by atoms with E-state index in [2.05, 4.69) is 70.5 Å². The fourth-order valence-electron chi connectivity index (χ4n) is 7.07. The maximum absolute atomic E-state index is 13.5. The highest BCUT2D eigenvalue weighted by Crippen LogP contribution is 2.42. The van der Waals surface area contributed by atoms with Crippen molar-refractivity contribution in [3.8, 4) is 23.0 Å². The van der Waals surface area contributed by atoms with Crippen molar-refractivity contribution < 1.29 is 23.7 Å². The van der Waals surface area contributed by atoms with Crippen molar-refractivity contribution in [1.29, 1.82) is 0 Å². The third kappa shape index (κ3) is 7.03. The van der Waals surface area contributed by atoms with Crippen molar-refractivity contribution in [3.63, 3.8) is 0 Å². The van der Waals surface area contributed by atoms with Crippen molar-refractivity contribution in [2.24, 2.45) is 0 Å². The summed E-state index contributed by atoms with van der Waals surface area (Å²) in [5, 5.41) is 0. The number of carbonyl (C=O) groups is 1. The number of hydrogen-bond donors (Lipinski definition) is 0. The number of hydrogen-bond acceptors (Lipinski definition) is 7. The zero-order valence-corrected chi connectivity index (χ0v) is 27.9. The van der Waals surface area contributed by atoms with Crippen LogP contribution in [0.4, 0.5) is 5.69 Å². The third-order valence-electron chi connectivity index (χ3n) is 9.73. The van der Waals surface area contributed by atoms with Gasteiger partial charge in [0.1, 0.15) is 23.0 Å². The molecule has 2 saturated heterocycles. The number of nitrogens with zero attached hydrogens (tertiary/aromatic N) is 3. The lowest BCUT2D eigenvalue weighted by atomic mass is 9.69. The molecule has 47 heavy (non-hydrogen) atoms. The monoisotopic (exact) mass is 635 g/mol. The van der Waals surface area contributed by atoms with Crippen molar-refractivity contribution >= 4 is 11.6 Å². The van der Waals surface area contributed by atoms with Crippen molar-refractivity contribution in [1.82, 2.24) is 9.80 Å². The molecule has 0 radical (unpaired) electrons. The fourth-order valence-corrected chi connectivity index (χ4v) is 7.07. The number of ether oxygens (including phenoxy) is 4. The largest absolute Gasteiger partial charge is 0.497 e. The SMILES string of the molecule is COc1ccc(C2(c3ccc(OC)cc3)CCCN(Cc3ccc(C(=O)N4CCN(c5cc(OC)cc(OC)c5)CC4)cc3)C2)cc1. The average molecular weight is 636 g/mol. The highest BCUT2D eigenvalue weighted by molar-refractivity contribution is 5.94. The first-order valence-corrected chi connectivity index (χ1v) is 16.3. The molecule has 4 aromatic carbocycles. The Hall–Kier alpha value is -4.69. The van der Waals surface area contributed by atoms with E-state index < -0.39 is 0 Å². The number of likely N-dealkylation sites (tertiary alicyclic amines) is 1.